The minimum atomic E-state index is -0.497. The highest BCUT2D eigenvalue weighted by molar-refractivity contribution is 6.16. The standard InChI is InChI=1S/C22H24O9/c1-26-10-29-15-6-14-7-16(13-4-5-19(17(23)8-13)30-11-27-2)22(31-12-28-3)21(25)20(14)18(24)9-15/h4-6,8-9,23-24H,7,10-12H2,1-3H3. The lowest BCUT2D eigenvalue weighted by atomic mass is 9.85. The number of carbonyl (C=O) groups is 1. The highest BCUT2D eigenvalue weighted by Gasteiger charge is 2.32. The molecular weight excluding hydrogens is 408 g/mol. The average Bonchev–Trinajstić information content (AvgIpc) is 2.75. The maximum Gasteiger partial charge on any atom is 0.232 e. The minimum Gasteiger partial charge on any atom is -0.507 e. The van der Waals surface area contributed by atoms with Gasteiger partial charge < -0.3 is 38.6 Å². The number of ketones is 1. The molecule has 2 aromatic carbocycles. The van der Waals surface area contributed by atoms with Crippen molar-refractivity contribution in [2.45, 2.75) is 6.42 Å². The van der Waals surface area contributed by atoms with Crippen LogP contribution in [0.5, 0.6) is 23.0 Å². The summed E-state index contributed by atoms with van der Waals surface area (Å²) >= 11 is 0. The lowest BCUT2D eigenvalue weighted by Gasteiger charge is -2.24. The third kappa shape index (κ3) is 4.91. The highest BCUT2D eigenvalue weighted by atomic mass is 16.7. The molecule has 0 saturated carbocycles. The van der Waals surface area contributed by atoms with Crippen molar-refractivity contribution in [1.29, 1.82) is 0 Å². The summed E-state index contributed by atoms with van der Waals surface area (Å²) in [4.78, 5) is 13.2. The van der Waals surface area contributed by atoms with Gasteiger partial charge in [0.1, 0.15) is 11.5 Å². The Kier molecular flexibility index (Phi) is 7.35. The molecule has 2 aromatic rings. The Morgan fingerprint density at radius 3 is 2.19 bits per heavy atom. The summed E-state index contributed by atoms with van der Waals surface area (Å²) in [6, 6.07) is 7.75. The molecule has 0 radical (unpaired) electrons. The number of phenolic OH excluding ortho intramolecular Hbond substituents is 2. The number of hydrogen-bond donors (Lipinski definition) is 2. The Balaban J connectivity index is 2.04. The topological polar surface area (TPSA) is 113 Å². The first-order valence-electron chi connectivity index (χ1n) is 9.32. The van der Waals surface area contributed by atoms with Crippen LogP contribution in [0.4, 0.5) is 0 Å². The van der Waals surface area contributed by atoms with Crippen molar-refractivity contribution >= 4 is 11.4 Å². The van der Waals surface area contributed by atoms with Gasteiger partial charge in [-0.05, 0) is 29.3 Å². The molecule has 0 atom stereocenters. The van der Waals surface area contributed by atoms with E-state index in [2.05, 4.69) is 0 Å². The van der Waals surface area contributed by atoms with Gasteiger partial charge in [0.25, 0.3) is 0 Å². The lowest BCUT2D eigenvalue weighted by molar-refractivity contribution is 0.00533. The molecule has 0 unspecified atom stereocenters. The average molecular weight is 432 g/mol. The Morgan fingerprint density at radius 1 is 0.839 bits per heavy atom. The summed E-state index contributed by atoms with van der Waals surface area (Å²) in [5.41, 5.74) is 1.75. The predicted octanol–water partition coefficient (Wildman–Crippen LogP) is 2.83. The summed E-state index contributed by atoms with van der Waals surface area (Å²) in [6.45, 7) is -0.183. The van der Waals surface area contributed by atoms with E-state index in [4.69, 9.17) is 28.4 Å². The number of carbonyl (C=O) groups excluding carboxylic acids is 1. The third-order valence-corrected chi connectivity index (χ3v) is 4.55. The van der Waals surface area contributed by atoms with E-state index in [1.54, 1.807) is 18.2 Å². The van der Waals surface area contributed by atoms with Gasteiger partial charge in [-0.2, -0.15) is 0 Å². The summed E-state index contributed by atoms with van der Waals surface area (Å²) in [6.07, 6.45) is 0.246. The van der Waals surface area contributed by atoms with E-state index in [0.717, 1.165) is 0 Å². The van der Waals surface area contributed by atoms with E-state index < -0.39 is 5.78 Å². The molecule has 3 rings (SSSR count). The first-order valence-corrected chi connectivity index (χ1v) is 9.32. The van der Waals surface area contributed by atoms with Gasteiger partial charge in [-0.15, -0.1) is 0 Å². The number of methoxy groups -OCH3 is 3. The van der Waals surface area contributed by atoms with Crippen LogP contribution >= 0.6 is 0 Å². The first kappa shape index (κ1) is 22.4. The molecule has 2 N–H and O–H groups in total. The zero-order valence-corrected chi connectivity index (χ0v) is 17.5. The molecule has 0 amide bonds. The zero-order valence-electron chi connectivity index (χ0n) is 17.5. The van der Waals surface area contributed by atoms with Crippen molar-refractivity contribution in [3.05, 3.63) is 52.8 Å². The number of Topliss-reactive ketones (excluding diaryl/α,β-unsaturated/α-hetero) is 1. The molecule has 9 nitrogen and oxygen atoms in total. The molecule has 1 aliphatic carbocycles. The molecule has 0 spiro atoms. The summed E-state index contributed by atoms with van der Waals surface area (Å²) in [5.74, 6) is -0.217. The molecule has 0 aromatic heterocycles. The fourth-order valence-electron chi connectivity index (χ4n) is 3.24. The van der Waals surface area contributed by atoms with Crippen molar-refractivity contribution in [2.75, 3.05) is 41.7 Å². The second kappa shape index (κ2) is 10.2. The minimum absolute atomic E-state index is 0.00607. The molecule has 0 fully saturated rings. The summed E-state index contributed by atoms with van der Waals surface area (Å²) in [7, 11) is 4.39. The Hall–Kier alpha value is -3.27. The van der Waals surface area contributed by atoms with E-state index in [-0.39, 0.29) is 55.4 Å². The molecule has 0 heterocycles. The molecule has 0 bridgehead atoms. The Labute approximate surface area is 179 Å². The van der Waals surface area contributed by atoms with Crippen LogP contribution < -0.4 is 9.47 Å². The van der Waals surface area contributed by atoms with Crippen LogP contribution in [0.15, 0.2) is 36.1 Å². The van der Waals surface area contributed by atoms with Gasteiger partial charge in [0.2, 0.25) is 5.78 Å². The molecule has 0 saturated heterocycles. The Bertz CT molecular complexity index is 981. The third-order valence-electron chi connectivity index (χ3n) is 4.55. The van der Waals surface area contributed by atoms with Gasteiger partial charge in [0.05, 0.1) is 5.56 Å². The Morgan fingerprint density at radius 2 is 1.52 bits per heavy atom. The van der Waals surface area contributed by atoms with Crippen molar-refractivity contribution in [2.24, 2.45) is 0 Å². The van der Waals surface area contributed by atoms with Gasteiger partial charge in [-0.25, -0.2) is 0 Å². The maximum atomic E-state index is 13.2. The highest BCUT2D eigenvalue weighted by Crippen LogP contribution is 2.40. The number of fused-ring (bicyclic) bond motifs is 1. The fraction of sp³-hybridized carbons (Fsp3) is 0.318. The van der Waals surface area contributed by atoms with Crippen molar-refractivity contribution in [3.8, 4) is 23.0 Å². The van der Waals surface area contributed by atoms with Crippen LogP contribution in [-0.2, 0) is 25.4 Å². The van der Waals surface area contributed by atoms with E-state index in [9.17, 15) is 15.0 Å². The number of phenols is 2. The van der Waals surface area contributed by atoms with Crippen LogP contribution in [0.25, 0.3) is 5.57 Å². The normalized spacial score (nSPS) is 13.2. The van der Waals surface area contributed by atoms with Crippen molar-refractivity contribution in [1.82, 2.24) is 0 Å². The zero-order chi connectivity index (χ0) is 22.4. The molecular formula is C22H24O9. The number of allylic oxidation sites excluding steroid dienone is 2. The van der Waals surface area contributed by atoms with E-state index in [1.165, 1.54) is 33.5 Å². The second-order valence-electron chi connectivity index (χ2n) is 6.63. The lowest BCUT2D eigenvalue weighted by Crippen LogP contribution is -2.19. The molecule has 31 heavy (non-hydrogen) atoms. The SMILES string of the molecule is COCOC1=C(c2ccc(OCOC)c(O)c2)Cc2cc(OCOC)cc(O)c2C1=O. The van der Waals surface area contributed by atoms with Gasteiger partial charge in [0, 0.05) is 39.4 Å². The molecule has 166 valence electrons. The van der Waals surface area contributed by atoms with Crippen molar-refractivity contribution in [3.63, 3.8) is 0 Å². The number of rotatable bonds is 10. The van der Waals surface area contributed by atoms with Gasteiger partial charge in [-0.1, -0.05) is 6.07 Å². The van der Waals surface area contributed by atoms with Crippen LogP contribution in [0.3, 0.4) is 0 Å². The van der Waals surface area contributed by atoms with Crippen LogP contribution in [0.2, 0.25) is 0 Å². The van der Waals surface area contributed by atoms with Gasteiger partial charge in [0.15, 0.2) is 37.6 Å². The van der Waals surface area contributed by atoms with E-state index >= 15 is 0 Å². The molecule has 9 heteroatoms. The number of hydrogen-bond acceptors (Lipinski definition) is 9. The second-order valence-corrected chi connectivity index (χ2v) is 6.63. The quantitative estimate of drug-likeness (QED) is 0.547. The first-order chi connectivity index (χ1) is 15.0. The summed E-state index contributed by atoms with van der Waals surface area (Å²) in [5, 5.41) is 20.8. The molecule has 1 aliphatic rings. The van der Waals surface area contributed by atoms with Crippen LogP contribution in [0, 0.1) is 0 Å². The number of benzene rings is 2. The predicted molar refractivity (Wildman–Crippen MR) is 109 cm³/mol. The van der Waals surface area contributed by atoms with Crippen LogP contribution in [-0.4, -0.2) is 57.7 Å². The van der Waals surface area contributed by atoms with Gasteiger partial charge in [-0.3, -0.25) is 4.79 Å². The number of ether oxygens (including phenoxy) is 6. The largest absolute Gasteiger partial charge is 0.507 e. The molecule has 0 aliphatic heterocycles. The summed E-state index contributed by atoms with van der Waals surface area (Å²) < 4.78 is 31.0. The monoisotopic (exact) mass is 432 g/mol. The van der Waals surface area contributed by atoms with Gasteiger partial charge >= 0.3 is 0 Å². The number of aromatic hydroxyl groups is 2. The smallest absolute Gasteiger partial charge is 0.232 e. The van der Waals surface area contributed by atoms with E-state index in [1.807, 2.05) is 0 Å². The van der Waals surface area contributed by atoms with Crippen LogP contribution in [0.1, 0.15) is 21.5 Å². The maximum absolute atomic E-state index is 13.2. The fourth-order valence-corrected chi connectivity index (χ4v) is 3.24. The van der Waals surface area contributed by atoms with Crippen molar-refractivity contribution < 1.29 is 43.4 Å². The van der Waals surface area contributed by atoms with E-state index in [0.29, 0.717) is 22.4 Å².